The van der Waals surface area contributed by atoms with Crippen LogP contribution in [0.2, 0.25) is 0 Å². The van der Waals surface area contributed by atoms with E-state index in [1.54, 1.807) is 24.3 Å². The van der Waals surface area contributed by atoms with E-state index >= 15 is 0 Å². The molecule has 1 aromatic heterocycles. The molecule has 1 unspecified atom stereocenters. The fraction of sp³-hybridized carbons (Fsp3) is 0.407. The Morgan fingerprint density at radius 3 is 2.64 bits per heavy atom. The predicted molar refractivity (Wildman–Crippen MR) is 133 cm³/mol. The number of carbonyl (C=O) groups excluding carboxylic acids is 3. The molecular formula is C27H31N3O6. The van der Waals surface area contributed by atoms with Gasteiger partial charge in [-0.25, -0.2) is 9.59 Å². The molecule has 36 heavy (non-hydrogen) atoms. The lowest BCUT2D eigenvalue weighted by Crippen LogP contribution is -2.48. The SMILES string of the molecule is COC(=O)C1CN(C(=O)COC(=O)/C(C#N)=C/c2cc(C)n(CCC(C)C)c2C)c2ccccc2O1. The minimum absolute atomic E-state index is 0.0939. The van der Waals surface area contributed by atoms with Crippen molar-refractivity contribution in [3.8, 4) is 11.8 Å². The van der Waals surface area contributed by atoms with E-state index in [9.17, 15) is 19.6 Å². The zero-order valence-corrected chi connectivity index (χ0v) is 21.2. The highest BCUT2D eigenvalue weighted by molar-refractivity contribution is 6.02. The summed E-state index contributed by atoms with van der Waals surface area (Å²) in [4.78, 5) is 38.9. The highest BCUT2D eigenvalue weighted by Crippen LogP contribution is 2.33. The van der Waals surface area contributed by atoms with Crippen LogP contribution in [0.25, 0.3) is 6.08 Å². The summed E-state index contributed by atoms with van der Waals surface area (Å²) in [5.41, 5.74) is 2.97. The number of esters is 2. The molecule has 1 aliphatic rings. The van der Waals surface area contributed by atoms with Gasteiger partial charge in [0.1, 0.15) is 17.4 Å². The summed E-state index contributed by atoms with van der Waals surface area (Å²) in [7, 11) is 1.23. The van der Waals surface area contributed by atoms with Crippen LogP contribution in [-0.4, -0.2) is 48.8 Å². The maximum absolute atomic E-state index is 13.0. The van der Waals surface area contributed by atoms with Crippen molar-refractivity contribution in [2.75, 3.05) is 25.2 Å². The van der Waals surface area contributed by atoms with Gasteiger partial charge in [-0.3, -0.25) is 4.79 Å². The van der Waals surface area contributed by atoms with E-state index in [1.807, 2.05) is 26.0 Å². The first-order chi connectivity index (χ1) is 17.2. The Morgan fingerprint density at radius 1 is 1.25 bits per heavy atom. The molecule has 9 nitrogen and oxygen atoms in total. The number of amides is 1. The Morgan fingerprint density at radius 2 is 1.97 bits per heavy atom. The number of methoxy groups -OCH3 is 1. The summed E-state index contributed by atoms with van der Waals surface area (Å²) in [6.07, 6.45) is 1.49. The van der Waals surface area contributed by atoms with Crippen molar-refractivity contribution in [1.29, 1.82) is 5.26 Å². The molecule has 0 aliphatic carbocycles. The van der Waals surface area contributed by atoms with Crippen LogP contribution < -0.4 is 9.64 Å². The van der Waals surface area contributed by atoms with Gasteiger partial charge in [0, 0.05) is 17.9 Å². The molecule has 2 aromatic rings. The number of anilines is 1. The van der Waals surface area contributed by atoms with Crippen molar-refractivity contribution in [2.45, 2.75) is 46.8 Å². The van der Waals surface area contributed by atoms with Gasteiger partial charge in [0.25, 0.3) is 5.91 Å². The van der Waals surface area contributed by atoms with Crippen molar-refractivity contribution < 1.29 is 28.6 Å². The third-order valence-corrected chi connectivity index (χ3v) is 6.05. The second kappa shape index (κ2) is 11.6. The first-order valence-corrected chi connectivity index (χ1v) is 11.8. The van der Waals surface area contributed by atoms with Crippen LogP contribution in [-0.2, 0) is 30.4 Å². The summed E-state index contributed by atoms with van der Waals surface area (Å²) in [5.74, 6) is -1.20. The van der Waals surface area contributed by atoms with Crippen molar-refractivity contribution in [2.24, 2.45) is 5.92 Å². The lowest BCUT2D eigenvalue weighted by atomic mass is 10.1. The molecule has 0 bridgehead atoms. The van der Waals surface area contributed by atoms with E-state index in [0.717, 1.165) is 29.9 Å². The molecule has 9 heteroatoms. The second-order valence-electron chi connectivity index (χ2n) is 9.01. The standard InChI is InChI=1S/C27H31N3O6/c1-17(2)10-11-29-18(3)12-20(19(29)4)13-21(14-28)26(32)35-16-25(31)30-15-24(27(33)34-5)36-23-9-7-6-8-22(23)30/h6-9,12-13,17,24H,10-11,15-16H2,1-5H3/b21-13+. The van der Waals surface area contributed by atoms with Gasteiger partial charge in [0.15, 0.2) is 6.61 Å². The first-order valence-electron chi connectivity index (χ1n) is 11.8. The van der Waals surface area contributed by atoms with Gasteiger partial charge < -0.3 is 23.7 Å². The highest BCUT2D eigenvalue weighted by atomic mass is 16.6. The average Bonchev–Trinajstić information content (AvgIpc) is 3.14. The first kappa shape index (κ1) is 26.5. The van der Waals surface area contributed by atoms with Gasteiger partial charge in [-0.15, -0.1) is 0 Å². The number of hydrogen-bond acceptors (Lipinski definition) is 7. The Labute approximate surface area is 210 Å². The van der Waals surface area contributed by atoms with Crippen LogP contribution in [0.4, 0.5) is 5.69 Å². The Kier molecular flexibility index (Phi) is 8.54. The fourth-order valence-electron chi connectivity index (χ4n) is 4.01. The van der Waals surface area contributed by atoms with E-state index in [1.165, 1.54) is 18.1 Å². The summed E-state index contributed by atoms with van der Waals surface area (Å²) >= 11 is 0. The second-order valence-corrected chi connectivity index (χ2v) is 9.01. The Hall–Kier alpha value is -4.06. The zero-order valence-electron chi connectivity index (χ0n) is 21.2. The monoisotopic (exact) mass is 493 g/mol. The number of nitrogens with zero attached hydrogens (tertiary/aromatic N) is 3. The van der Waals surface area contributed by atoms with Gasteiger partial charge >= 0.3 is 11.9 Å². The molecule has 1 aliphatic heterocycles. The van der Waals surface area contributed by atoms with Crippen LogP contribution in [0, 0.1) is 31.1 Å². The molecule has 2 heterocycles. The number of carbonyl (C=O) groups is 3. The molecule has 0 N–H and O–H groups in total. The normalized spacial score (nSPS) is 15.1. The predicted octanol–water partition coefficient (Wildman–Crippen LogP) is 3.57. The molecule has 1 amide bonds. The Balaban J connectivity index is 1.73. The van der Waals surface area contributed by atoms with E-state index in [4.69, 9.17) is 14.2 Å². The number of benzene rings is 1. The minimum atomic E-state index is -1.01. The molecule has 3 rings (SSSR count). The van der Waals surface area contributed by atoms with E-state index in [0.29, 0.717) is 17.4 Å². The van der Waals surface area contributed by atoms with Crippen LogP contribution in [0.1, 0.15) is 37.2 Å². The number of hydrogen-bond donors (Lipinski definition) is 0. The maximum Gasteiger partial charge on any atom is 0.349 e. The molecule has 190 valence electrons. The van der Waals surface area contributed by atoms with Gasteiger partial charge in [-0.2, -0.15) is 5.26 Å². The topological polar surface area (TPSA) is 111 Å². The maximum atomic E-state index is 13.0. The van der Waals surface area contributed by atoms with Gasteiger partial charge in [0.05, 0.1) is 19.3 Å². The number of aromatic nitrogens is 1. The number of aryl methyl sites for hydroxylation is 1. The highest BCUT2D eigenvalue weighted by Gasteiger charge is 2.34. The van der Waals surface area contributed by atoms with Gasteiger partial charge in [-0.05, 0) is 56.0 Å². The van der Waals surface area contributed by atoms with Gasteiger partial charge in [0.2, 0.25) is 6.10 Å². The number of ether oxygens (including phenoxy) is 3. The lowest BCUT2D eigenvalue weighted by Gasteiger charge is -2.33. The molecular weight excluding hydrogens is 462 g/mol. The largest absolute Gasteiger partial charge is 0.475 e. The molecule has 0 radical (unpaired) electrons. The number of rotatable bonds is 8. The van der Waals surface area contributed by atoms with Crippen LogP contribution in [0.5, 0.6) is 5.75 Å². The molecule has 0 spiro atoms. The molecule has 0 saturated heterocycles. The van der Waals surface area contributed by atoms with Crippen molar-refractivity contribution >= 4 is 29.6 Å². The number of fused-ring (bicyclic) bond motifs is 1. The third kappa shape index (κ3) is 5.95. The molecule has 1 atom stereocenters. The minimum Gasteiger partial charge on any atom is -0.475 e. The zero-order chi connectivity index (χ0) is 26.4. The molecule has 1 aromatic carbocycles. The molecule has 0 saturated carbocycles. The van der Waals surface area contributed by atoms with Crippen LogP contribution >= 0.6 is 0 Å². The van der Waals surface area contributed by atoms with E-state index in [2.05, 4.69) is 18.4 Å². The summed E-state index contributed by atoms with van der Waals surface area (Å²) in [5, 5.41) is 9.58. The van der Waals surface area contributed by atoms with E-state index in [-0.39, 0.29) is 12.1 Å². The van der Waals surface area contributed by atoms with Crippen molar-refractivity contribution in [3.05, 3.63) is 52.9 Å². The quantitative estimate of drug-likeness (QED) is 0.314. The summed E-state index contributed by atoms with van der Waals surface area (Å²) in [6.45, 7) is 8.39. The van der Waals surface area contributed by atoms with Crippen molar-refractivity contribution in [3.63, 3.8) is 0 Å². The Bertz CT molecular complexity index is 1220. The molecule has 0 fully saturated rings. The van der Waals surface area contributed by atoms with Crippen LogP contribution in [0.3, 0.4) is 0 Å². The summed E-state index contributed by atoms with van der Waals surface area (Å²) in [6, 6.07) is 10.5. The third-order valence-electron chi connectivity index (χ3n) is 6.05. The smallest absolute Gasteiger partial charge is 0.349 e. The van der Waals surface area contributed by atoms with E-state index < -0.39 is 30.6 Å². The average molecular weight is 494 g/mol. The van der Waals surface area contributed by atoms with Crippen LogP contribution in [0.15, 0.2) is 35.9 Å². The lowest BCUT2D eigenvalue weighted by molar-refractivity contribution is -0.149. The summed E-state index contributed by atoms with van der Waals surface area (Å²) < 4.78 is 17.7. The van der Waals surface area contributed by atoms with Gasteiger partial charge in [-0.1, -0.05) is 26.0 Å². The fourth-order valence-corrected chi connectivity index (χ4v) is 4.01. The number of nitriles is 1. The van der Waals surface area contributed by atoms with Crippen molar-refractivity contribution in [1.82, 2.24) is 4.57 Å². The number of para-hydroxylation sites is 2.